The van der Waals surface area contributed by atoms with Gasteiger partial charge in [-0.1, -0.05) is 41.9 Å². The molecule has 0 fully saturated rings. The summed E-state index contributed by atoms with van der Waals surface area (Å²) in [6.45, 7) is 1.78. The standard InChI is InChI=1S/C17H20ClN3O.HI/c18-15-6-8-16(9-7-15)22-13-12-21-17(19)20-11-10-14-4-2-1-3-5-14;/h1-9H,10-13H2,(H3,19,20,21);1H. The summed E-state index contributed by atoms with van der Waals surface area (Å²) in [7, 11) is 0. The number of hydrogen-bond donors (Lipinski definition) is 2. The zero-order valence-electron chi connectivity index (χ0n) is 12.7. The number of ether oxygens (including phenoxy) is 1. The van der Waals surface area contributed by atoms with Gasteiger partial charge in [0.05, 0.1) is 6.54 Å². The summed E-state index contributed by atoms with van der Waals surface area (Å²) >= 11 is 5.81. The number of benzene rings is 2. The maximum absolute atomic E-state index is 5.81. The lowest BCUT2D eigenvalue weighted by Gasteiger charge is -2.08. The molecule has 4 nitrogen and oxygen atoms in total. The third-order valence-electron chi connectivity index (χ3n) is 3.02. The van der Waals surface area contributed by atoms with Crippen LogP contribution in [0, 0.1) is 0 Å². The minimum atomic E-state index is 0. The maximum Gasteiger partial charge on any atom is 0.188 e. The monoisotopic (exact) mass is 445 g/mol. The Hall–Kier alpha value is -1.47. The van der Waals surface area contributed by atoms with Gasteiger partial charge < -0.3 is 15.8 Å². The first-order valence-corrected chi connectivity index (χ1v) is 7.58. The van der Waals surface area contributed by atoms with Gasteiger partial charge in [-0.3, -0.25) is 4.99 Å². The molecule has 0 aliphatic rings. The van der Waals surface area contributed by atoms with Crippen LogP contribution in [0.15, 0.2) is 59.6 Å². The van der Waals surface area contributed by atoms with Crippen molar-refractivity contribution in [2.24, 2.45) is 10.7 Å². The summed E-state index contributed by atoms with van der Waals surface area (Å²) < 4.78 is 5.55. The Bertz CT molecular complexity index is 591. The Labute approximate surface area is 159 Å². The van der Waals surface area contributed by atoms with Crippen molar-refractivity contribution in [2.45, 2.75) is 6.42 Å². The highest BCUT2D eigenvalue weighted by molar-refractivity contribution is 14.0. The Morgan fingerprint density at radius 1 is 1.09 bits per heavy atom. The molecule has 124 valence electrons. The van der Waals surface area contributed by atoms with Gasteiger partial charge in [-0.05, 0) is 36.2 Å². The summed E-state index contributed by atoms with van der Waals surface area (Å²) in [6, 6.07) is 17.5. The van der Waals surface area contributed by atoms with Gasteiger partial charge in [-0.2, -0.15) is 0 Å². The van der Waals surface area contributed by atoms with Gasteiger partial charge in [0, 0.05) is 11.6 Å². The molecule has 3 N–H and O–H groups in total. The molecule has 0 heterocycles. The molecule has 0 radical (unpaired) electrons. The van der Waals surface area contributed by atoms with E-state index in [9.17, 15) is 0 Å². The summed E-state index contributed by atoms with van der Waals surface area (Å²) in [6.07, 6.45) is 0.879. The van der Waals surface area contributed by atoms with E-state index in [1.165, 1.54) is 5.56 Å². The first kappa shape index (κ1) is 19.6. The maximum atomic E-state index is 5.81. The zero-order chi connectivity index (χ0) is 15.6. The van der Waals surface area contributed by atoms with E-state index in [2.05, 4.69) is 22.4 Å². The molecule has 0 aliphatic carbocycles. The van der Waals surface area contributed by atoms with Gasteiger partial charge >= 0.3 is 0 Å². The molecule has 23 heavy (non-hydrogen) atoms. The third-order valence-corrected chi connectivity index (χ3v) is 3.27. The minimum absolute atomic E-state index is 0. The van der Waals surface area contributed by atoms with Crippen LogP contribution in [0.3, 0.4) is 0 Å². The number of guanidine groups is 1. The lowest BCUT2D eigenvalue weighted by Crippen LogP contribution is -2.34. The van der Waals surface area contributed by atoms with Crippen molar-refractivity contribution in [2.75, 3.05) is 19.7 Å². The molecule has 6 heteroatoms. The molecule has 2 aromatic rings. The average molecular weight is 446 g/mol. The van der Waals surface area contributed by atoms with Gasteiger partial charge in [0.15, 0.2) is 5.96 Å². The molecule has 2 rings (SSSR count). The average Bonchev–Trinajstić information content (AvgIpc) is 2.54. The van der Waals surface area contributed by atoms with Crippen LogP contribution in [0.2, 0.25) is 5.02 Å². The molecular weight excluding hydrogens is 425 g/mol. The molecule has 0 aromatic heterocycles. The van der Waals surface area contributed by atoms with Gasteiger partial charge in [0.2, 0.25) is 0 Å². The number of hydrogen-bond acceptors (Lipinski definition) is 2. The van der Waals surface area contributed by atoms with Crippen molar-refractivity contribution in [3.63, 3.8) is 0 Å². The highest BCUT2D eigenvalue weighted by Gasteiger charge is 1.95. The number of nitrogens with one attached hydrogen (secondary N) is 1. The van der Waals surface area contributed by atoms with Crippen LogP contribution in [0.1, 0.15) is 5.56 Å². The van der Waals surface area contributed by atoms with E-state index in [-0.39, 0.29) is 24.0 Å². The predicted octanol–water partition coefficient (Wildman–Crippen LogP) is 3.48. The van der Waals surface area contributed by atoms with E-state index in [4.69, 9.17) is 22.1 Å². The van der Waals surface area contributed by atoms with Crippen LogP contribution < -0.4 is 15.8 Å². The van der Waals surface area contributed by atoms with Crippen molar-refractivity contribution >= 4 is 41.5 Å². The van der Waals surface area contributed by atoms with Gasteiger partial charge in [0.1, 0.15) is 12.4 Å². The largest absolute Gasteiger partial charge is 0.492 e. The molecule has 0 spiro atoms. The second kappa shape index (κ2) is 11.1. The molecule has 2 aromatic carbocycles. The zero-order valence-corrected chi connectivity index (χ0v) is 15.8. The normalized spacial score (nSPS) is 10.7. The molecule has 0 atom stereocenters. The van der Waals surface area contributed by atoms with E-state index in [0.29, 0.717) is 30.7 Å². The number of halogens is 2. The number of nitrogens with two attached hydrogens (primary N) is 1. The highest BCUT2D eigenvalue weighted by atomic mass is 127. The van der Waals surface area contributed by atoms with Crippen LogP contribution in [-0.2, 0) is 6.42 Å². The van der Waals surface area contributed by atoms with E-state index >= 15 is 0 Å². The van der Waals surface area contributed by atoms with Crippen molar-refractivity contribution in [3.8, 4) is 5.75 Å². The highest BCUT2D eigenvalue weighted by Crippen LogP contribution is 2.14. The molecule has 0 amide bonds. The fourth-order valence-corrected chi connectivity index (χ4v) is 2.01. The second-order valence-corrected chi connectivity index (χ2v) is 5.17. The Morgan fingerprint density at radius 2 is 1.78 bits per heavy atom. The molecular formula is C17H21ClIN3O. The summed E-state index contributed by atoms with van der Waals surface area (Å²) in [5.41, 5.74) is 7.06. The first-order chi connectivity index (χ1) is 10.7. The number of aliphatic imine (C=N–C) groups is 1. The third kappa shape index (κ3) is 8.08. The summed E-state index contributed by atoms with van der Waals surface area (Å²) in [5.74, 6) is 1.22. The first-order valence-electron chi connectivity index (χ1n) is 7.20. The van der Waals surface area contributed by atoms with Crippen LogP contribution in [0.25, 0.3) is 0 Å². The molecule has 0 saturated heterocycles. The SMILES string of the molecule is I.NC(=NCCc1ccccc1)NCCOc1ccc(Cl)cc1. The molecule has 0 bridgehead atoms. The molecule has 0 unspecified atom stereocenters. The second-order valence-electron chi connectivity index (χ2n) is 4.73. The van der Waals surface area contributed by atoms with Crippen molar-refractivity contribution in [1.82, 2.24) is 5.32 Å². The number of nitrogens with zero attached hydrogens (tertiary/aromatic N) is 1. The molecule has 0 aliphatic heterocycles. The molecule has 0 saturated carbocycles. The van der Waals surface area contributed by atoms with E-state index in [1.54, 1.807) is 12.1 Å². The Balaban J connectivity index is 0.00000264. The number of rotatable bonds is 7. The van der Waals surface area contributed by atoms with Crippen LogP contribution in [-0.4, -0.2) is 25.7 Å². The lowest BCUT2D eigenvalue weighted by atomic mass is 10.2. The van der Waals surface area contributed by atoms with Crippen LogP contribution in [0.4, 0.5) is 0 Å². The van der Waals surface area contributed by atoms with E-state index in [0.717, 1.165) is 12.2 Å². The predicted molar refractivity (Wildman–Crippen MR) is 107 cm³/mol. The van der Waals surface area contributed by atoms with Crippen molar-refractivity contribution < 1.29 is 4.74 Å². The smallest absolute Gasteiger partial charge is 0.188 e. The van der Waals surface area contributed by atoms with E-state index in [1.807, 2.05) is 30.3 Å². The van der Waals surface area contributed by atoms with Gasteiger partial charge in [-0.25, -0.2) is 0 Å². The van der Waals surface area contributed by atoms with Gasteiger partial charge in [-0.15, -0.1) is 24.0 Å². The van der Waals surface area contributed by atoms with Crippen LogP contribution >= 0.6 is 35.6 Å². The lowest BCUT2D eigenvalue weighted by molar-refractivity contribution is 0.322. The van der Waals surface area contributed by atoms with Crippen molar-refractivity contribution in [1.29, 1.82) is 0 Å². The summed E-state index contributed by atoms with van der Waals surface area (Å²) in [5, 5.41) is 3.72. The summed E-state index contributed by atoms with van der Waals surface area (Å²) in [4.78, 5) is 4.29. The van der Waals surface area contributed by atoms with E-state index < -0.39 is 0 Å². The van der Waals surface area contributed by atoms with Gasteiger partial charge in [0.25, 0.3) is 0 Å². The quantitative estimate of drug-likeness (QED) is 0.297. The van der Waals surface area contributed by atoms with Crippen LogP contribution in [0.5, 0.6) is 5.75 Å². The Kier molecular flexibility index (Phi) is 9.47. The fraction of sp³-hybridized carbons (Fsp3) is 0.235. The Morgan fingerprint density at radius 3 is 2.48 bits per heavy atom. The minimum Gasteiger partial charge on any atom is -0.492 e. The topological polar surface area (TPSA) is 59.6 Å². The van der Waals surface area contributed by atoms with Crippen molar-refractivity contribution in [3.05, 3.63) is 65.2 Å². The fourth-order valence-electron chi connectivity index (χ4n) is 1.88.